The Labute approximate surface area is 197 Å². The molecule has 0 unspecified atom stereocenters. The Balaban J connectivity index is 0.00000245. The van der Waals surface area contributed by atoms with Crippen LogP contribution in [0.4, 0.5) is 5.95 Å². The molecule has 0 bridgehead atoms. The van der Waals surface area contributed by atoms with E-state index in [1.54, 1.807) is 0 Å². The number of benzene rings is 3. The van der Waals surface area contributed by atoms with E-state index in [2.05, 4.69) is 95.9 Å². The van der Waals surface area contributed by atoms with Crippen molar-refractivity contribution in [2.75, 3.05) is 18.0 Å². The smallest absolute Gasteiger partial charge is 0.245 e. The third kappa shape index (κ3) is 4.18. The molecule has 0 spiro atoms. The SMILES string of the molecule is Cn1nc(N2CCCC2)nc1C[P+](c1ccccc1)(c1ccccc1)c1ccccc1.[Cl-]. The van der Waals surface area contributed by atoms with Gasteiger partial charge in [-0.25, -0.2) is 4.68 Å². The second-order valence-electron chi connectivity index (χ2n) is 8.12. The third-order valence-corrected chi connectivity index (χ3v) is 10.5. The molecule has 1 fully saturated rings. The summed E-state index contributed by atoms with van der Waals surface area (Å²) in [5.41, 5.74) is 0. The Hall–Kier alpha value is -2.68. The van der Waals surface area contributed by atoms with Gasteiger partial charge in [0.25, 0.3) is 0 Å². The highest BCUT2D eigenvalue weighted by molar-refractivity contribution is 7.95. The topological polar surface area (TPSA) is 34.0 Å². The fourth-order valence-electron chi connectivity index (χ4n) is 4.57. The summed E-state index contributed by atoms with van der Waals surface area (Å²) in [6, 6.07) is 32.9. The Kier molecular flexibility index (Phi) is 6.93. The van der Waals surface area contributed by atoms with Gasteiger partial charge in [0.15, 0.2) is 5.82 Å². The van der Waals surface area contributed by atoms with Crippen molar-refractivity contribution in [1.29, 1.82) is 0 Å². The van der Waals surface area contributed by atoms with Crippen LogP contribution < -0.4 is 33.2 Å². The summed E-state index contributed by atoms with van der Waals surface area (Å²) in [5, 5.41) is 8.93. The lowest BCUT2D eigenvalue weighted by Crippen LogP contribution is -3.00. The molecule has 1 aromatic heterocycles. The van der Waals surface area contributed by atoms with Crippen LogP contribution in [0.5, 0.6) is 0 Å². The second-order valence-corrected chi connectivity index (χ2v) is 11.6. The first kappa shape index (κ1) is 22.5. The summed E-state index contributed by atoms with van der Waals surface area (Å²) in [4.78, 5) is 7.38. The van der Waals surface area contributed by atoms with Crippen LogP contribution in [0.2, 0.25) is 0 Å². The van der Waals surface area contributed by atoms with Crippen LogP contribution in [-0.4, -0.2) is 27.9 Å². The highest BCUT2D eigenvalue weighted by Crippen LogP contribution is 2.57. The maximum atomic E-state index is 5.06. The molecule has 0 amide bonds. The predicted octanol–water partition coefficient (Wildman–Crippen LogP) is 0.913. The number of anilines is 1. The standard InChI is InChI=1S/C26H28N4P.ClH/c1-29-25(27-26(28-29)30-19-11-12-20-30)21-31(22-13-5-2-6-14-22,23-15-7-3-8-16-23)24-17-9-4-10-18-24;/h2-10,13-18H,11-12,19-21H2,1H3;1H/q+1;/p-1. The largest absolute Gasteiger partial charge is 1.00 e. The Morgan fingerprint density at radius 1 is 0.719 bits per heavy atom. The van der Waals surface area contributed by atoms with Crippen molar-refractivity contribution < 1.29 is 12.4 Å². The van der Waals surface area contributed by atoms with Gasteiger partial charge in [-0.15, -0.1) is 5.10 Å². The molecule has 164 valence electrons. The van der Waals surface area contributed by atoms with Gasteiger partial charge in [0, 0.05) is 20.1 Å². The van der Waals surface area contributed by atoms with Gasteiger partial charge in [0.2, 0.25) is 5.95 Å². The maximum Gasteiger partial charge on any atom is 0.245 e. The lowest BCUT2D eigenvalue weighted by molar-refractivity contribution is -0.00000635. The normalized spacial score (nSPS) is 13.7. The zero-order valence-electron chi connectivity index (χ0n) is 18.3. The molecule has 0 saturated carbocycles. The summed E-state index contributed by atoms with van der Waals surface area (Å²) in [6.45, 7) is 2.11. The number of aromatic nitrogens is 3. The van der Waals surface area contributed by atoms with E-state index in [-0.39, 0.29) is 12.4 Å². The van der Waals surface area contributed by atoms with E-state index in [0.717, 1.165) is 31.0 Å². The predicted molar refractivity (Wildman–Crippen MR) is 131 cm³/mol. The highest BCUT2D eigenvalue weighted by atomic mass is 35.5. The van der Waals surface area contributed by atoms with Crippen molar-refractivity contribution in [1.82, 2.24) is 14.8 Å². The first-order valence-electron chi connectivity index (χ1n) is 11.0. The van der Waals surface area contributed by atoms with Gasteiger partial charge < -0.3 is 17.3 Å². The number of hydrogen-bond donors (Lipinski definition) is 0. The fraction of sp³-hybridized carbons (Fsp3) is 0.231. The van der Waals surface area contributed by atoms with Gasteiger partial charge >= 0.3 is 0 Å². The molecule has 5 rings (SSSR count). The number of aryl methyl sites for hydroxylation is 1. The van der Waals surface area contributed by atoms with Gasteiger partial charge in [-0.3, -0.25) is 0 Å². The lowest BCUT2D eigenvalue weighted by Gasteiger charge is -2.27. The van der Waals surface area contributed by atoms with Crippen molar-refractivity contribution in [3.05, 3.63) is 96.8 Å². The summed E-state index contributed by atoms with van der Waals surface area (Å²) in [6.07, 6.45) is 3.30. The summed E-state index contributed by atoms with van der Waals surface area (Å²) in [7, 11) is 0.0771. The van der Waals surface area contributed by atoms with Crippen molar-refractivity contribution >= 4 is 29.1 Å². The van der Waals surface area contributed by atoms with Crippen molar-refractivity contribution in [3.63, 3.8) is 0 Å². The lowest BCUT2D eigenvalue weighted by atomic mass is 10.4. The molecule has 1 saturated heterocycles. The van der Waals surface area contributed by atoms with E-state index >= 15 is 0 Å². The quantitative estimate of drug-likeness (QED) is 0.400. The molecule has 2 heterocycles. The Morgan fingerprint density at radius 3 is 1.59 bits per heavy atom. The first-order valence-corrected chi connectivity index (χ1v) is 12.9. The molecule has 4 nitrogen and oxygen atoms in total. The molecule has 6 heteroatoms. The van der Waals surface area contributed by atoms with Crippen molar-refractivity contribution in [2.45, 2.75) is 19.0 Å². The zero-order chi connectivity index (χ0) is 21.1. The Morgan fingerprint density at radius 2 is 1.16 bits per heavy atom. The Bertz CT molecular complexity index is 1030. The van der Waals surface area contributed by atoms with Crippen LogP contribution in [0.3, 0.4) is 0 Å². The van der Waals surface area contributed by atoms with Crippen LogP contribution in [-0.2, 0) is 13.2 Å². The average Bonchev–Trinajstić information content (AvgIpc) is 3.49. The maximum absolute atomic E-state index is 5.06. The molecule has 0 radical (unpaired) electrons. The molecule has 1 aliphatic rings. The van der Waals surface area contributed by atoms with E-state index in [1.165, 1.54) is 28.8 Å². The van der Waals surface area contributed by atoms with Gasteiger partial charge in [-0.2, -0.15) is 4.98 Å². The molecule has 3 aromatic carbocycles. The average molecular weight is 463 g/mol. The number of hydrogen-bond acceptors (Lipinski definition) is 3. The molecule has 32 heavy (non-hydrogen) atoms. The molecule has 4 aromatic rings. The van der Waals surface area contributed by atoms with Gasteiger partial charge in [-0.1, -0.05) is 54.6 Å². The molecule has 0 atom stereocenters. The van der Waals surface area contributed by atoms with Gasteiger partial charge in [0.05, 0.1) is 0 Å². The second kappa shape index (κ2) is 9.85. The number of halogens is 1. The summed E-state index contributed by atoms with van der Waals surface area (Å²) in [5.74, 6) is 1.93. The molecular formula is C26H28ClN4P. The van der Waals surface area contributed by atoms with Crippen LogP contribution in [0, 0.1) is 0 Å². The van der Waals surface area contributed by atoms with Gasteiger partial charge in [-0.05, 0) is 49.2 Å². The first-order chi connectivity index (χ1) is 15.3. The highest BCUT2D eigenvalue weighted by Gasteiger charge is 2.46. The van der Waals surface area contributed by atoms with E-state index in [9.17, 15) is 0 Å². The minimum absolute atomic E-state index is 0. The van der Waals surface area contributed by atoms with E-state index in [1.807, 2.05) is 11.7 Å². The summed E-state index contributed by atoms with van der Waals surface area (Å²) >= 11 is 0. The van der Waals surface area contributed by atoms with Crippen LogP contribution >= 0.6 is 7.26 Å². The molecule has 0 aliphatic carbocycles. The molecular weight excluding hydrogens is 435 g/mol. The number of rotatable bonds is 6. The van der Waals surface area contributed by atoms with E-state index < -0.39 is 7.26 Å². The van der Waals surface area contributed by atoms with Gasteiger partial charge in [0.1, 0.15) is 29.3 Å². The van der Waals surface area contributed by atoms with Crippen LogP contribution in [0.25, 0.3) is 0 Å². The van der Waals surface area contributed by atoms with Crippen molar-refractivity contribution in [2.24, 2.45) is 7.05 Å². The van der Waals surface area contributed by atoms with Crippen molar-refractivity contribution in [3.8, 4) is 0 Å². The minimum Gasteiger partial charge on any atom is -1.00 e. The molecule has 1 aliphatic heterocycles. The zero-order valence-corrected chi connectivity index (χ0v) is 20.0. The van der Waals surface area contributed by atoms with E-state index in [4.69, 9.17) is 10.1 Å². The van der Waals surface area contributed by atoms with Crippen LogP contribution in [0.1, 0.15) is 18.7 Å². The van der Waals surface area contributed by atoms with Crippen LogP contribution in [0.15, 0.2) is 91.0 Å². The summed E-state index contributed by atoms with van der Waals surface area (Å²) < 4.78 is 2.00. The molecule has 0 N–H and O–H groups in total. The monoisotopic (exact) mass is 462 g/mol. The number of nitrogens with zero attached hydrogens (tertiary/aromatic N) is 4. The fourth-order valence-corrected chi connectivity index (χ4v) is 8.76. The third-order valence-electron chi connectivity index (χ3n) is 6.20. The minimum atomic E-state index is -1.96. The van der Waals surface area contributed by atoms with E-state index in [0.29, 0.717) is 0 Å².